The second kappa shape index (κ2) is 9.94. The minimum absolute atomic E-state index is 0.0261. The molecular weight excluding hydrogens is 380 g/mol. The molecule has 0 saturated carbocycles. The average Bonchev–Trinajstić information content (AvgIpc) is 2.74. The maximum atomic E-state index is 12.3. The highest BCUT2D eigenvalue weighted by molar-refractivity contribution is 8.00. The van der Waals surface area contributed by atoms with Gasteiger partial charge in [0.1, 0.15) is 0 Å². The van der Waals surface area contributed by atoms with Crippen molar-refractivity contribution in [1.29, 1.82) is 0 Å². The third kappa shape index (κ3) is 6.22. The molecule has 4 nitrogen and oxygen atoms in total. The molecule has 1 atom stereocenters. The van der Waals surface area contributed by atoms with Crippen molar-refractivity contribution in [1.82, 2.24) is 5.32 Å². The molecule has 2 N–H and O–H groups in total. The lowest BCUT2D eigenvalue weighted by molar-refractivity contribution is -0.119. The monoisotopic (exact) mass is 404 g/mol. The van der Waals surface area contributed by atoms with Gasteiger partial charge in [0.25, 0.3) is 5.91 Å². The maximum absolute atomic E-state index is 12.3. The summed E-state index contributed by atoms with van der Waals surface area (Å²) in [6.07, 6.45) is 0. The first-order chi connectivity index (χ1) is 14.0. The standard InChI is InChI=1S/C24H24N2O2S/c1-17-11-13-22(14-12-17)29-16-23(27)25-18(2)20-9-6-10-21(15-20)26-24(28)19-7-4-3-5-8-19/h3-15,18H,16H2,1-2H3,(H,25,27)(H,26,28). The Morgan fingerprint density at radius 3 is 2.38 bits per heavy atom. The molecule has 29 heavy (non-hydrogen) atoms. The van der Waals surface area contributed by atoms with Crippen LogP contribution in [0.3, 0.4) is 0 Å². The van der Waals surface area contributed by atoms with Crippen LogP contribution in [0.15, 0.2) is 83.8 Å². The van der Waals surface area contributed by atoms with E-state index >= 15 is 0 Å². The number of hydrogen-bond acceptors (Lipinski definition) is 3. The van der Waals surface area contributed by atoms with Crippen molar-refractivity contribution >= 4 is 29.3 Å². The van der Waals surface area contributed by atoms with Crippen LogP contribution in [0.2, 0.25) is 0 Å². The lowest BCUT2D eigenvalue weighted by atomic mass is 10.1. The molecule has 0 fully saturated rings. The molecule has 0 bridgehead atoms. The molecule has 5 heteroatoms. The number of rotatable bonds is 7. The summed E-state index contributed by atoms with van der Waals surface area (Å²) in [5.41, 5.74) is 3.44. The van der Waals surface area contributed by atoms with Gasteiger partial charge < -0.3 is 10.6 Å². The Bertz CT molecular complexity index is 972. The Labute approximate surface area is 175 Å². The Morgan fingerprint density at radius 2 is 1.66 bits per heavy atom. The topological polar surface area (TPSA) is 58.2 Å². The van der Waals surface area contributed by atoms with Crippen LogP contribution in [0.4, 0.5) is 5.69 Å². The normalized spacial score (nSPS) is 11.5. The van der Waals surface area contributed by atoms with Crippen molar-refractivity contribution in [2.75, 3.05) is 11.1 Å². The van der Waals surface area contributed by atoms with E-state index < -0.39 is 0 Å². The fraction of sp³-hybridized carbons (Fsp3) is 0.167. The zero-order valence-corrected chi connectivity index (χ0v) is 17.3. The van der Waals surface area contributed by atoms with Crippen molar-refractivity contribution < 1.29 is 9.59 Å². The third-order valence-corrected chi connectivity index (χ3v) is 5.46. The van der Waals surface area contributed by atoms with Gasteiger partial charge in [-0.25, -0.2) is 0 Å². The molecule has 3 aromatic rings. The molecule has 148 valence electrons. The van der Waals surface area contributed by atoms with Crippen molar-refractivity contribution in [3.63, 3.8) is 0 Å². The van der Waals surface area contributed by atoms with Crippen molar-refractivity contribution in [2.24, 2.45) is 0 Å². The minimum atomic E-state index is -0.158. The van der Waals surface area contributed by atoms with E-state index in [1.165, 1.54) is 17.3 Å². The number of anilines is 1. The Hall–Kier alpha value is -3.05. The summed E-state index contributed by atoms with van der Waals surface area (Å²) < 4.78 is 0. The van der Waals surface area contributed by atoms with E-state index in [1.54, 1.807) is 12.1 Å². The lowest BCUT2D eigenvalue weighted by Gasteiger charge is -2.16. The molecule has 0 aliphatic heterocycles. The van der Waals surface area contributed by atoms with Crippen LogP contribution in [-0.2, 0) is 4.79 Å². The highest BCUT2D eigenvalue weighted by Gasteiger charge is 2.12. The van der Waals surface area contributed by atoms with Crippen molar-refractivity contribution in [2.45, 2.75) is 24.8 Å². The van der Waals surface area contributed by atoms with Crippen LogP contribution < -0.4 is 10.6 Å². The maximum Gasteiger partial charge on any atom is 0.255 e. The molecule has 0 aliphatic carbocycles. The zero-order valence-electron chi connectivity index (χ0n) is 16.5. The molecule has 3 aromatic carbocycles. The van der Waals surface area contributed by atoms with Gasteiger partial charge in [-0.2, -0.15) is 0 Å². The van der Waals surface area contributed by atoms with Crippen LogP contribution in [0, 0.1) is 6.92 Å². The number of carbonyl (C=O) groups excluding carboxylic acids is 2. The van der Waals surface area contributed by atoms with E-state index in [0.29, 0.717) is 17.0 Å². The quantitative estimate of drug-likeness (QED) is 0.531. The van der Waals surface area contributed by atoms with Gasteiger partial charge in [-0.1, -0.05) is 48.0 Å². The number of thioether (sulfide) groups is 1. The van der Waals surface area contributed by atoms with E-state index in [4.69, 9.17) is 0 Å². The van der Waals surface area contributed by atoms with E-state index in [1.807, 2.05) is 80.6 Å². The molecule has 3 rings (SSSR count). The van der Waals surface area contributed by atoms with E-state index in [0.717, 1.165) is 10.5 Å². The predicted molar refractivity (Wildman–Crippen MR) is 119 cm³/mol. The van der Waals surface area contributed by atoms with Gasteiger partial charge in [0.2, 0.25) is 5.91 Å². The summed E-state index contributed by atoms with van der Waals surface area (Å²) >= 11 is 1.51. The summed E-state index contributed by atoms with van der Waals surface area (Å²) in [7, 11) is 0. The van der Waals surface area contributed by atoms with Gasteiger partial charge in [0.15, 0.2) is 0 Å². The van der Waals surface area contributed by atoms with Gasteiger partial charge in [-0.15, -0.1) is 11.8 Å². The van der Waals surface area contributed by atoms with Crippen LogP contribution >= 0.6 is 11.8 Å². The van der Waals surface area contributed by atoms with Gasteiger partial charge >= 0.3 is 0 Å². The van der Waals surface area contributed by atoms with Gasteiger partial charge in [-0.05, 0) is 55.8 Å². The first-order valence-corrected chi connectivity index (χ1v) is 10.4. The average molecular weight is 405 g/mol. The SMILES string of the molecule is Cc1ccc(SCC(=O)NC(C)c2cccc(NC(=O)c3ccccc3)c2)cc1. The molecule has 0 aromatic heterocycles. The molecule has 0 radical (unpaired) electrons. The molecule has 1 unspecified atom stereocenters. The summed E-state index contributed by atoms with van der Waals surface area (Å²) in [6.45, 7) is 3.98. The zero-order chi connectivity index (χ0) is 20.6. The summed E-state index contributed by atoms with van der Waals surface area (Å²) in [5.74, 6) is 0.174. The van der Waals surface area contributed by atoms with Crippen molar-refractivity contribution in [3.05, 3.63) is 95.6 Å². The summed E-state index contributed by atoms with van der Waals surface area (Å²) in [5, 5.41) is 5.92. The molecule has 0 heterocycles. The van der Waals surface area contributed by atoms with E-state index in [2.05, 4.69) is 10.6 Å². The van der Waals surface area contributed by atoms with Crippen LogP contribution in [0.1, 0.15) is 34.5 Å². The lowest BCUT2D eigenvalue weighted by Crippen LogP contribution is -2.28. The largest absolute Gasteiger partial charge is 0.349 e. The van der Waals surface area contributed by atoms with Gasteiger partial charge in [0, 0.05) is 16.1 Å². The Morgan fingerprint density at radius 1 is 0.931 bits per heavy atom. The Balaban J connectivity index is 1.55. The first kappa shape index (κ1) is 20.7. The molecule has 0 spiro atoms. The molecule has 2 amide bonds. The third-order valence-electron chi connectivity index (χ3n) is 4.45. The molecule has 0 aliphatic rings. The number of aryl methyl sites for hydroxylation is 1. The summed E-state index contributed by atoms with van der Waals surface area (Å²) in [6, 6.07) is 24.6. The number of carbonyl (C=O) groups is 2. The van der Waals surface area contributed by atoms with Gasteiger partial charge in [0.05, 0.1) is 11.8 Å². The molecular formula is C24H24N2O2S. The van der Waals surface area contributed by atoms with E-state index in [-0.39, 0.29) is 17.9 Å². The van der Waals surface area contributed by atoms with E-state index in [9.17, 15) is 9.59 Å². The van der Waals surface area contributed by atoms with Crippen molar-refractivity contribution in [3.8, 4) is 0 Å². The predicted octanol–water partition coefficient (Wildman–Crippen LogP) is 5.22. The summed E-state index contributed by atoms with van der Waals surface area (Å²) in [4.78, 5) is 25.7. The number of benzene rings is 3. The fourth-order valence-electron chi connectivity index (χ4n) is 2.83. The Kier molecular flexibility index (Phi) is 7.09. The second-order valence-electron chi connectivity index (χ2n) is 6.84. The highest BCUT2D eigenvalue weighted by atomic mass is 32.2. The molecule has 0 saturated heterocycles. The smallest absolute Gasteiger partial charge is 0.255 e. The van der Waals surface area contributed by atoms with Crippen LogP contribution in [-0.4, -0.2) is 17.6 Å². The highest BCUT2D eigenvalue weighted by Crippen LogP contribution is 2.20. The first-order valence-electron chi connectivity index (χ1n) is 9.46. The van der Waals surface area contributed by atoms with Crippen LogP contribution in [0.5, 0.6) is 0 Å². The van der Waals surface area contributed by atoms with Crippen LogP contribution in [0.25, 0.3) is 0 Å². The number of hydrogen-bond donors (Lipinski definition) is 2. The number of nitrogens with one attached hydrogen (secondary N) is 2. The van der Waals surface area contributed by atoms with Gasteiger partial charge in [-0.3, -0.25) is 9.59 Å². The second-order valence-corrected chi connectivity index (χ2v) is 7.89. The fourth-order valence-corrected chi connectivity index (χ4v) is 3.54. The minimum Gasteiger partial charge on any atom is -0.349 e. The number of amides is 2.